The van der Waals surface area contributed by atoms with Gasteiger partial charge < -0.3 is 10.1 Å². The number of ether oxygens (including phenoxy) is 1. The number of hydrogen-bond acceptors (Lipinski definition) is 7. The number of nitrogens with zero attached hydrogens (tertiary/aromatic N) is 1. The van der Waals surface area contributed by atoms with E-state index in [1.165, 1.54) is 0 Å². The van der Waals surface area contributed by atoms with E-state index in [-0.39, 0.29) is 11.3 Å². The Morgan fingerprint density at radius 2 is 2.43 bits per heavy atom. The van der Waals surface area contributed by atoms with Gasteiger partial charge in [0.25, 0.3) is 10.0 Å². The van der Waals surface area contributed by atoms with Crippen molar-refractivity contribution in [1.82, 2.24) is 9.62 Å². The predicted molar refractivity (Wildman–Crippen MR) is 87.4 cm³/mol. The molecule has 0 spiro atoms. The highest BCUT2D eigenvalue weighted by Crippen LogP contribution is 2.39. The lowest BCUT2D eigenvalue weighted by Crippen LogP contribution is -2.43. The minimum Gasteiger partial charge on any atom is -0.385 e. The van der Waals surface area contributed by atoms with Crippen molar-refractivity contribution in [2.75, 3.05) is 33.2 Å². The molecule has 0 saturated carbocycles. The first-order valence-electron chi connectivity index (χ1n) is 11.7. The Kier molecular flexibility index (Phi) is 2.55. The number of rotatable bonds is 7. The molecule has 0 bridgehead atoms. The summed E-state index contributed by atoms with van der Waals surface area (Å²) in [4.78, 5) is 0. The summed E-state index contributed by atoms with van der Waals surface area (Å²) in [6.45, 7) is -13.7. The van der Waals surface area contributed by atoms with Crippen LogP contribution in [0.2, 0.25) is 0 Å². The summed E-state index contributed by atoms with van der Waals surface area (Å²) in [7, 11) is -9.88. The van der Waals surface area contributed by atoms with Crippen LogP contribution >= 0.6 is 11.3 Å². The minimum absolute atomic E-state index is 0.245. The average Bonchev–Trinajstić information content (AvgIpc) is 2.97. The third-order valence-electron chi connectivity index (χ3n) is 2.37. The van der Waals surface area contributed by atoms with Crippen LogP contribution in [0.5, 0.6) is 0 Å². The van der Waals surface area contributed by atoms with Crippen LogP contribution in [0.1, 0.15) is 41.3 Å². The molecule has 0 fully saturated rings. The van der Waals surface area contributed by atoms with E-state index in [0.29, 0.717) is 7.11 Å². The molecule has 11 heteroatoms. The van der Waals surface area contributed by atoms with Gasteiger partial charge in [-0.15, -0.1) is 11.3 Å². The predicted octanol–water partition coefficient (Wildman–Crippen LogP) is 0.0869. The van der Waals surface area contributed by atoms with Gasteiger partial charge in [-0.3, -0.25) is 0 Å². The van der Waals surface area contributed by atoms with Crippen molar-refractivity contribution in [2.45, 2.75) is 27.7 Å². The van der Waals surface area contributed by atoms with Crippen molar-refractivity contribution in [3.05, 3.63) is 11.6 Å². The second-order valence-corrected chi connectivity index (χ2v) is 8.66. The van der Waals surface area contributed by atoms with Crippen LogP contribution < -0.4 is 10.5 Å². The average molecular weight is 396 g/mol. The van der Waals surface area contributed by atoms with E-state index >= 15 is 0 Å². The smallest absolute Gasteiger partial charge is 0.252 e. The van der Waals surface area contributed by atoms with Crippen molar-refractivity contribution < 1.29 is 38.0 Å². The highest BCUT2D eigenvalue weighted by atomic mass is 32.3. The van der Waals surface area contributed by atoms with Crippen LogP contribution in [0, 0.1) is 0 Å². The Morgan fingerprint density at radius 3 is 3.00 bits per heavy atom. The van der Waals surface area contributed by atoms with Crippen molar-refractivity contribution in [1.29, 1.82) is 0 Å². The van der Waals surface area contributed by atoms with Crippen LogP contribution in [0.25, 0.3) is 0 Å². The lowest BCUT2D eigenvalue weighted by atomic mass is 10.1. The Labute approximate surface area is 157 Å². The van der Waals surface area contributed by atoms with E-state index in [2.05, 4.69) is 4.74 Å². The number of thiophene rings is 1. The van der Waals surface area contributed by atoms with Gasteiger partial charge in [0.15, 0.2) is 0 Å². The third kappa shape index (κ3) is 3.92. The summed E-state index contributed by atoms with van der Waals surface area (Å²) in [5.74, 6) is 0. The van der Waals surface area contributed by atoms with Gasteiger partial charge in [-0.25, -0.2) is 22.0 Å². The summed E-state index contributed by atoms with van der Waals surface area (Å²) >= 11 is -0.245. The number of nitrogens with two attached hydrogens (primary N) is 1. The summed E-state index contributed by atoms with van der Waals surface area (Å²) < 4.78 is 149. The Morgan fingerprint density at radius 1 is 1.74 bits per heavy atom. The zero-order valence-electron chi connectivity index (χ0n) is 23.8. The van der Waals surface area contributed by atoms with Gasteiger partial charge in [0, 0.05) is 49.2 Å². The quantitative estimate of drug-likeness (QED) is 0.675. The third-order valence-corrected chi connectivity index (χ3v) is 6.83. The second-order valence-electron chi connectivity index (χ2n) is 3.90. The Balaban J connectivity index is 3.13. The second kappa shape index (κ2) is 7.13. The fraction of sp³-hybridized carbons (Fsp3) is 0.667. The number of sulfonamides is 2. The molecular weight excluding hydrogens is 362 g/mol. The molecule has 2 rings (SSSR count). The molecule has 8 nitrogen and oxygen atoms in total. The van der Waals surface area contributed by atoms with Crippen molar-refractivity contribution in [3.8, 4) is 0 Å². The van der Waals surface area contributed by atoms with Gasteiger partial charge in [0.2, 0.25) is 10.0 Å². The summed E-state index contributed by atoms with van der Waals surface area (Å²) in [6, 6.07) is -4.73. The Hall–Kier alpha value is -0.560. The highest BCUT2D eigenvalue weighted by Gasteiger charge is 2.39. The topological polar surface area (TPSA) is 119 Å². The standard InChI is InChI=1S/C12H21N3O5S3/c1-3-14-10-8-15(5-4-6-20-2)23(18,19)12-9(10)7-11(21-12)22(13,16)17/h7,10,14H,3-6,8H2,1-2H3,(H2,13,16,17)/t10-/m0/s1/i3D2,4D2,5D2,6D2,7D,8D2,10D. The molecule has 23 heavy (non-hydrogen) atoms. The number of primary sulfonamides is 1. The van der Waals surface area contributed by atoms with Crippen molar-refractivity contribution >= 4 is 31.4 Å². The monoisotopic (exact) mass is 395 g/mol. The van der Waals surface area contributed by atoms with E-state index in [0.717, 1.165) is 6.92 Å². The minimum atomic E-state index is -5.67. The van der Waals surface area contributed by atoms with E-state index < -0.39 is 82.8 Å². The molecule has 3 N–H and O–H groups in total. The summed E-state index contributed by atoms with van der Waals surface area (Å²) in [5.41, 5.74) is -1.20. The fourth-order valence-corrected chi connectivity index (χ4v) is 5.06. The van der Waals surface area contributed by atoms with Crippen LogP contribution in [-0.4, -0.2) is 54.3 Å². The molecule has 1 aromatic rings. The summed E-state index contributed by atoms with van der Waals surface area (Å²) in [6.07, 6.45) is -3.97. The largest absolute Gasteiger partial charge is 0.385 e. The fourth-order valence-electron chi connectivity index (χ4n) is 1.52. The van der Waals surface area contributed by atoms with E-state index in [1.54, 1.807) is 5.32 Å². The molecule has 2 heterocycles. The number of fused-ring (bicyclic) bond motifs is 1. The van der Waals surface area contributed by atoms with Crippen molar-refractivity contribution in [2.24, 2.45) is 5.14 Å². The molecule has 1 aliphatic rings. The van der Waals surface area contributed by atoms with Gasteiger partial charge in [-0.1, -0.05) is 6.92 Å². The molecule has 0 amide bonds. The van der Waals surface area contributed by atoms with Gasteiger partial charge >= 0.3 is 0 Å². The van der Waals surface area contributed by atoms with Gasteiger partial charge in [-0.2, -0.15) is 4.31 Å². The first kappa shape index (κ1) is 8.21. The molecular formula is C12H21N3O5S3. The highest BCUT2D eigenvalue weighted by molar-refractivity contribution is 7.94. The molecule has 132 valence electrons. The molecule has 0 radical (unpaired) electrons. The maximum absolute atomic E-state index is 13.5. The maximum atomic E-state index is 13.5. The van der Waals surface area contributed by atoms with Gasteiger partial charge in [-0.05, 0) is 18.9 Å². The van der Waals surface area contributed by atoms with Gasteiger partial charge in [0.05, 0.1) is 5.48 Å². The zero-order valence-corrected chi connectivity index (χ0v) is 14.2. The first-order valence-corrected chi connectivity index (χ1v) is 9.51. The molecule has 0 aromatic carbocycles. The molecule has 1 atom stereocenters. The van der Waals surface area contributed by atoms with Crippen LogP contribution in [0.15, 0.2) is 14.5 Å². The molecule has 1 aromatic heterocycles. The van der Waals surface area contributed by atoms with Crippen LogP contribution in [-0.2, 0) is 24.8 Å². The lowest BCUT2D eigenvalue weighted by Gasteiger charge is -2.32. The van der Waals surface area contributed by atoms with E-state index in [1.807, 2.05) is 0 Å². The van der Waals surface area contributed by atoms with E-state index in [9.17, 15) is 16.8 Å². The molecule has 0 saturated heterocycles. The lowest BCUT2D eigenvalue weighted by molar-refractivity contribution is 0.185. The van der Waals surface area contributed by atoms with E-state index in [4.69, 9.17) is 21.6 Å². The van der Waals surface area contributed by atoms with Crippen molar-refractivity contribution in [3.63, 3.8) is 0 Å². The normalized spacial score (nSPS) is 36.8. The maximum Gasteiger partial charge on any atom is 0.252 e. The molecule has 0 aliphatic carbocycles. The molecule has 1 aliphatic heterocycles. The number of likely N-dealkylation sites (N-methyl/N-ethyl adjacent to an activating group) is 1. The van der Waals surface area contributed by atoms with Gasteiger partial charge in [0.1, 0.15) is 8.42 Å². The first-order chi connectivity index (χ1) is 15.1. The molecule has 0 unspecified atom stereocenters. The number of hydrogen-bond donors (Lipinski definition) is 2. The number of methoxy groups -OCH3 is 1. The summed E-state index contributed by atoms with van der Waals surface area (Å²) in [5, 5.41) is 6.80. The zero-order chi connectivity index (χ0) is 28.0. The van der Waals surface area contributed by atoms with Crippen LogP contribution in [0.3, 0.4) is 0 Å². The number of nitrogens with one attached hydrogen (secondary N) is 1. The SMILES string of the molecule is [2H]c1c(S(N)(=O)=O)sc2c1[C@@]([2H])(NC([2H])([2H])C)C([2H])([2H])N(C([2H])([2H])C([2H])([2H])C([2H])([2H])OC)S2(=O)=O. The Bertz CT molecular complexity index is 1240. The van der Waals surface area contributed by atoms with Crippen LogP contribution in [0.4, 0.5) is 0 Å².